The van der Waals surface area contributed by atoms with Gasteiger partial charge >= 0.3 is 0 Å². The standard InChI is InChI=1S/C31H33N3O5/c1-36-22-6-3-20(4-7-22)13-33-16-31(17-33)18-34(14-21-5-10-27-28(11-21)39-19-38-27)26(15-35)30-29(31)24-9-8-23(37-2)12-25(24)32-30/h3-12,26,32,35H,13-19H2,1-2H3/t26-/m1/s1. The number of ether oxygens (including phenoxy) is 4. The predicted octanol–water partition coefficient (Wildman–Crippen LogP) is 4.22. The number of aromatic amines is 1. The molecular weight excluding hydrogens is 494 g/mol. The van der Waals surface area contributed by atoms with Crippen molar-refractivity contribution in [3.05, 3.63) is 83.0 Å². The van der Waals surface area contributed by atoms with Gasteiger partial charge in [-0.3, -0.25) is 9.80 Å². The van der Waals surface area contributed by atoms with Gasteiger partial charge in [0.15, 0.2) is 11.5 Å². The summed E-state index contributed by atoms with van der Waals surface area (Å²) in [6, 6.07) is 20.6. The number of likely N-dealkylation sites (tertiary alicyclic amines) is 1. The summed E-state index contributed by atoms with van der Waals surface area (Å²) in [5, 5.41) is 11.9. The number of hydrogen-bond donors (Lipinski definition) is 2. The number of aromatic nitrogens is 1. The van der Waals surface area contributed by atoms with E-state index >= 15 is 0 Å². The van der Waals surface area contributed by atoms with Crippen LogP contribution < -0.4 is 18.9 Å². The van der Waals surface area contributed by atoms with Crippen molar-refractivity contribution in [2.75, 3.05) is 47.3 Å². The third-order valence-corrected chi connectivity index (χ3v) is 8.46. The smallest absolute Gasteiger partial charge is 0.231 e. The van der Waals surface area contributed by atoms with E-state index in [1.807, 2.05) is 24.3 Å². The molecule has 1 atom stereocenters. The summed E-state index contributed by atoms with van der Waals surface area (Å²) >= 11 is 0. The van der Waals surface area contributed by atoms with Crippen molar-refractivity contribution >= 4 is 10.9 Å². The third-order valence-electron chi connectivity index (χ3n) is 8.46. The highest BCUT2D eigenvalue weighted by molar-refractivity contribution is 5.88. The van der Waals surface area contributed by atoms with Gasteiger partial charge in [0.1, 0.15) is 11.5 Å². The molecule has 3 aromatic carbocycles. The number of benzene rings is 3. The number of H-pyrrole nitrogens is 1. The van der Waals surface area contributed by atoms with Gasteiger partial charge in [0, 0.05) is 60.8 Å². The quantitative estimate of drug-likeness (QED) is 0.373. The lowest BCUT2D eigenvalue weighted by Crippen LogP contribution is -2.65. The highest BCUT2D eigenvalue weighted by Gasteiger charge is 2.52. The largest absolute Gasteiger partial charge is 0.497 e. The molecule has 1 saturated heterocycles. The predicted molar refractivity (Wildman–Crippen MR) is 148 cm³/mol. The van der Waals surface area contributed by atoms with E-state index in [-0.39, 0.29) is 24.9 Å². The van der Waals surface area contributed by atoms with Gasteiger partial charge in [0.05, 0.1) is 26.9 Å². The molecule has 0 radical (unpaired) electrons. The molecule has 7 rings (SSSR count). The molecule has 4 aromatic rings. The average Bonchev–Trinajstić information content (AvgIpc) is 3.56. The minimum absolute atomic E-state index is 0.0349. The Morgan fingerprint density at radius 2 is 1.62 bits per heavy atom. The van der Waals surface area contributed by atoms with Gasteiger partial charge in [-0.15, -0.1) is 0 Å². The van der Waals surface area contributed by atoms with Crippen LogP contribution in [0.2, 0.25) is 0 Å². The molecule has 202 valence electrons. The van der Waals surface area contributed by atoms with Crippen LogP contribution in [0.3, 0.4) is 0 Å². The molecule has 1 spiro atoms. The molecule has 0 aliphatic carbocycles. The van der Waals surface area contributed by atoms with E-state index in [1.165, 1.54) is 16.5 Å². The van der Waals surface area contributed by atoms with E-state index in [4.69, 9.17) is 18.9 Å². The van der Waals surface area contributed by atoms with Gasteiger partial charge < -0.3 is 29.0 Å². The van der Waals surface area contributed by atoms with Gasteiger partial charge in [0.2, 0.25) is 6.79 Å². The van der Waals surface area contributed by atoms with Crippen molar-refractivity contribution < 1.29 is 24.1 Å². The molecule has 0 saturated carbocycles. The summed E-state index contributed by atoms with van der Waals surface area (Å²) in [6.07, 6.45) is 0. The molecule has 2 N–H and O–H groups in total. The minimum atomic E-state index is -0.134. The summed E-state index contributed by atoms with van der Waals surface area (Å²) in [7, 11) is 3.39. The molecule has 8 heteroatoms. The second-order valence-electron chi connectivity index (χ2n) is 10.9. The molecular formula is C31H33N3O5. The first kappa shape index (κ1) is 24.3. The Labute approximate surface area is 227 Å². The number of aliphatic hydroxyl groups excluding tert-OH is 1. The summed E-state index contributed by atoms with van der Waals surface area (Å²) < 4.78 is 22.0. The molecule has 0 bridgehead atoms. The van der Waals surface area contributed by atoms with Crippen molar-refractivity contribution in [1.29, 1.82) is 0 Å². The maximum absolute atomic E-state index is 10.7. The van der Waals surface area contributed by atoms with Crippen LogP contribution in [0, 0.1) is 0 Å². The van der Waals surface area contributed by atoms with E-state index in [0.29, 0.717) is 6.54 Å². The molecule has 1 aromatic heterocycles. The lowest BCUT2D eigenvalue weighted by atomic mass is 9.68. The van der Waals surface area contributed by atoms with E-state index in [9.17, 15) is 5.11 Å². The highest BCUT2D eigenvalue weighted by Crippen LogP contribution is 2.49. The lowest BCUT2D eigenvalue weighted by molar-refractivity contribution is -0.0119. The monoisotopic (exact) mass is 527 g/mol. The zero-order valence-electron chi connectivity index (χ0n) is 22.3. The van der Waals surface area contributed by atoms with Crippen LogP contribution in [0.15, 0.2) is 60.7 Å². The van der Waals surface area contributed by atoms with Gasteiger partial charge in [-0.05, 0) is 53.1 Å². The molecule has 3 aliphatic heterocycles. The molecule has 0 amide bonds. The first-order valence-corrected chi connectivity index (χ1v) is 13.4. The van der Waals surface area contributed by atoms with Gasteiger partial charge in [-0.25, -0.2) is 0 Å². The minimum Gasteiger partial charge on any atom is -0.497 e. The summed E-state index contributed by atoms with van der Waals surface area (Å²) in [5.74, 6) is 3.27. The zero-order valence-corrected chi connectivity index (χ0v) is 22.3. The average molecular weight is 528 g/mol. The van der Waals surface area contributed by atoms with E-state index in [1.54, 1.807) is 14.2 Å². The van der Waals surface area contributed by atoms with Crippen LogP contribution in [0.25, 0.3) is 10.9 Å². The molecule has 1 fully saturated rings. The number of aliphatic hydroxyl groups is 1. The van der Waals surface area contributed by atoms with E-state index in [0.717, 1.165) is 66.0 Å². The Morgan fingerprint density at radius 1 is 0.872 bits per heavy atom. The fourth-order valence-corrected chi connectivity index (χ4v) is 6.72. The van der Waals surface area contributed by atoms with Crippen LogP contribution in [0.4, 0.5) is 0 Å². The highest BCUT2D eigenvalue weighted by atomic mass is 16.7. The van der Waals surface area contributed by atoms with Crippen molar-refractivity contribution in [3.8, 4) is 23.0 Å². The number of nitrogens with zero attached hydrogens (tertiary/aromatic N) is 2. The van der Waals surface area contributed by atoms with Gasteiger partial charge in [0.25, 0.3) is 0 Å². The van der Waals surface area contributed by atoms with Crippen molar-refractivity contribution in [2.24, 2.45) is 0 Å². The Bertz CT molecular complexity index is 1510. The normalized spacial score (nSPS) is 19.7. The van der Waals surface area contributed by atoms with Crippen LogP contribution >= 0.6 is 0 Å². The Morgan fingerprint density at radius 3 is 2.38 bits per heavy atom. The Kier molecular flexibility index (Phi) is 5.91. The molecule has 3 aliphatic rings. The SMILES string of the molecule is COc1ccc(CN2CC3(C2)CN(Cc2ccc4c(c2)OCO4)[C@H](CO)c2[nH]c4cc(OC)ccc4c23)cc1. The van der Waals surface area contributed by atoms with Crippen molar-refractivity contribution in [3.63, 3.8) is 0 Å². The van der Waals surface area contributed by atoms with Crippen molar-refractivity contribution in [2.45, 2.75) is 24.5 Å². The van der Waals surface area contributed by atoms with Crippen LogP contribution in [-0.4, -0.2) is 67.1 Å². The van der Waals surface area contributed by atoms with E-state index < -0.39 is 0 Å². The number of nitrogens with one attached hydrogen (secondary N) is 1. The number of hydrogen-bond acceptors (Lipinski definition) is 7. The Balaban J connectivity index is 1.23. The second-order valence-corrected chi connectivity index (χ2v) is 10.9. The number of methoxy groups -OCH3 is 2. The first-order valence-electron chi connectivity index (χ1n) is 13.4. The van der Waals surface area contributed by atoms with Gasteiger partial charge in [-0.1, -0.05) is 18.2 Å². The summed E-state index contributed by atoms with van der Waals surface area (Å²) in [5.41, 5.74) is 5.87. The van der Waals surface area contributed by atoms with Gasteiger partial charge in [-0.2, -0.15) is 0 Å². The maximum atomic E-state index is 10.7. The Hall–Kier alpha value is -3.72. The van der Waals surface area contributed by atoms with Crippen LogP contribution in [-0.2, 0) is 18.5 Å². The van der Waals surface area contributed by atoms with E-state index in [2.05, 4.69) is 51.2 Å². The number of rotatable bonds is 7. The lowest BCUT2D eigenvalue weighted by Gasteiger charge is -2.56. The fourth-order valence-electron chi connectivity index (χ4n) is 6.72. The molecule has 39 heavy (non-hydrogen) atoms. The third kappa shape index (κ3) is 4.11. The number of fused-ring (bicyclic) bond motifs is 5. The second kappa shape index (κ2) is 9.48. The molecule has 4 heterocycles. The molecule has 8 nitrogen and oxygen atoms in total. The maximum Gasteiger partial charge on any atom is 0.231 e. The van der Waals surface area contributed by atoms with Crippen LogP contribution in [0.1, 0.15) is 28.4 Å². The topological polar surface area (TPSA) is 79.4 Å². The van der Waals surface area contributed by atoms with Crippen molar-refractivity contribution in [1.82, 2.24) is 14.8 Å². The zero-order chi connectivity index (χ0) is 26.6. The molecule has 0 unspecified atom stereocenters. The first-order chi connectivity index (χ1) is 19.1. The van der Waals surface area contributed by atoms with Crippen LogP contribution in [0.5, 0.6) is 23.0 Å². The fraction of sp³-hybridized carbons (Fsp3) is 0.355. The summed E-state index contributed by atoms with van der Waals surface area (Å²) in [4.78, 5) is 8.61. The summed E-state index contributed by atoms with van der Waals surface area (Å²) in [6.45, 7) is 4.65.